The summed E-state index contributed by atoms with van der Waals surface area (Å²) in [4.78, 5) is 2.56. The molecule has 1 saturated heterocycles. The van der Waals surface area contributed by atoms with Gasteiger partial charge in [-0.25, -0.2) is 0 Å². The molecule has 0 aromatic heterocycles. The number of nitrogens with one attached hydrogen (secondary N) is 1. The van der Waals surface area contributed by atoms with Gasteiger partial charge in [-0.05, 0) is 23.8 Å². The largest absolute Gasteiger partial charge is 0.311 e. The fourth-order valence-electron chi connectivity index (χ4n) is 2.64. The van der Waals surface area contributed by atoms with Crippen LogP contribution in [0.2, 0.25) is 0 Å². The van der Waals surface area contributed by atoms with Crippen molar-refractivity contribution < 1.29 is 0 Å². The number of hydrogen-bond donors (Lipinski definition) is 1. The summed E-state index contributed by atoms with van der Waals surface area (Å²) in [6, 6.07) is 0.552. The molecule has 16 heavy (non-hydrogen) atoms. The van der Waals surface area contributed by atoms with E-state index in [1.165, 1.54) is 25.1 Å². The van der Waals surface area contributed by atoms with E-state index in [4.69, 9.17) is 0 Å². The molecule has 0 radical (unpaired) electrons. The van der Waals surface area contributed by atoms with Gasteiger partial charge in [0.25, 0.3) is 0 Å². The molecular weight excluding hydrogens is 196 g/mol. The van der Waals surface area contributed by atoms with Gasteiger partial charge >= 0.3 is 0 Å². The molecule has 0 bridgehead atoms. The zero-order valence-electron chi connectivity index (χ0n) is 11.4. The highest BCUT2D eigenvalue weighted by molar-refractivity contribution is 5.01. The monoisotopic (exact) mass is 224 g/mol. The molecule has 0 aromatic carbocycles. The van der Waals surface area contributed by atoms with Gasteiger partial charge in [0.2, 0.25) is 0 Å². The van der Waals surface area contributed by atoms with Crippen molar-refractivity contribution in [3.63, 3.8) is 0 Å². The Morgan fingerprint density at radius 2 is 1.88 bits per heavy atom. The van der Waals surface area contributed by atoms with E-state index in [2.05, 4.69) is 44.5 Å². The second kappa shape index (κ2) is 6.41. The Hall–Kier alpha value is -0.340. The minimum Gasteiger partial charge on any atom is -0.311 e. The highest BCUT2D eigenvalue weighted by atomic mass is 15.1. The average molecular weight is 224 g/mol. The second-order valence-corrected chi connectivity index (χ2v) is 5.93. The molecule has 0 saturated carbocycles. The third kappa shape index (κ3) is 5.13. The van der Waals surface area contributed by atoms with Crippen molar-refractivity contribution in [3.8, 4) is 0 Å². The topological polar surface area (TPSA) is 15.3 Å². The van der Waals surface area contributed by atoms with Gasteiger partial charge < -0.3 is 5.32 Å². The predicted octanol–water partition coefficient (Wildman–Crippen LogP) is 2.52. The molecular formula is C14H28N2. The minimum absolute atomic E-state index is 0.552. The minimum atomic E-state index is 0.552. The summed E-state index contributed by atoms with van der Waals surface area (Å²) in [6.07, 6.45) is 1.38. The van der Waals surface area contributed by atoms with Crippen molar-refractivity contribution in [2.75, 3.05) is 26.2 Å². The molecule has 2 atom stereocenters. The number of hydrogen-bond acceptors (Lipinski definition) is 2. The maximum atomic E-state index is 4.17. The van der Waals surface area contributed by atoms with E-state index < -0.39 is 0 Å². The maximum absolute atomic E-state index is 4.17. The van der Waals surface area contributed by atoms with E-state index in [0.29, 0.717) is 6.04 Å². The zero-order valence-corrected chi connectivity index (χ0v) is 11.4. The highest BCUT2D eigenvalue weighted by Crippen LogP contribution is 2.21. The van der Waals surface area contributed by atoms with Crippen molar-refractivity contribution >= 4 is 0 Å². The number of likely N-dealkylation sites (tertiary alicyclic amines) is 1. The molecule has 1 fully saturated rings. The van der Waals surface area contributed by atoms with Gasteiger partial charge in [-0.2, -0.15) is 0 Å². The normalized spacial score (nSPS) is 27.3. The van der Waals surface area contributed by atoms with E-state index in [0.717, 1.165) is 24.9 Å². The van der Waals surface area contributed by atoms with Crippen LogP contribution in [0, 0.1) is 11.8 Å². The SMILES string of the molecule is C=C(CNC(C)C)CN1CC(C)CC(C)C1. The third-order valence-corrected chi connectivity index (χ3v) is 3.15. The molecule has 1 N–H and O–H groups in total. The smallest absolute Gasteiger partial charge is 0.0203 e. The molecule has 94 valence electrons. The Labute approximate surface area is 101 Å². The first-order valence-electron chi connectivity index (χ1n) is 6.59. The summed E-state index contributed by atoms with van der Waals surface area (Å²) < 4.78 is 0. The first-order valence-corrected chi connectivity index (χ1v) is 6.59. The quantitative estimate of drug-likeness (QED) is 0.722. The molecule has 1 rings (SSSR count). The van der Waals surface area contributed by atoms with Gasteiger partial charge in [0.05, 0.1) is 0 Å². The molecule has 1 aliphatic rings. The van der Waals surface area contributed by atoms with Crippen LogP contribution in [-0.4, -0.2) is 37.1 Å². The second-order valence-electron chi connectivity index (χ2n) is 5.93. The summed E-state index contributed by atoms with van der Waals surface area (Å²) in [5.41, 5.74) is 1.31. The van der Waals surface area contributed by atoms with Crippen LogP contribution in [0.1, 0.15) is 34.1 Å². The molecule has 0 aromatic rings. The summed E-state index contributed by atoms with van der Waals surface area (Å²) in [5, 5.41) is 3.43. The number of rotatable bonds is 5. The zero-order chi connectivity index (χ0) is 12.1. The van der Waals surface area contributed by atoms with Crippen LogP contribution in [0.25, 0.3) is 0 Å². The first kappa shape index (κ1) is 13.7. The molecule has 1 aliphatic heterocycles. The Morgan fingerprint density at radius 1 is 1.31 bits per heavy atom. The van der Waals surface area contributed by atoms with Gasteiger partial charge in [0.1, 0.15) is 0 Å². The number of nitrogens with zero attached hydrogens (tertiary/aromatic N) is 1. The van der Waals surface area contributed by atoms with Crippen LogP contribution in [0.15, 0.2) is 12.2 Å². The lowest BCUT2D eigenvalue weighted by molar-refractivity contribution is 0.151. The Balaban J connectivity index is 2.27. The van der Waals surface area contributed by atoms with Crippen LogP contribution in [-0.2, 0) is 0 Å². The van der Waals surface area contributed by atoms with Crippen molar-refractivity contribution in [1.29, 1.82) is 0 Å². The highest BCUT2D eigenvalue weighted by Gasteiger charge is 2.21. The number of piperidine rings is 1. The van der Waals surface area contributed by atoms with Crippen molar-refractivity contribution in [1.82, 2.24) is 10.2 Å². The van der Waals surface area contributed by atoms with E-state index >= 15 is 0 Å². The predicted molar refractivity (Wildman–Crippen MR) is 71.7 cm³/mol. The van der Waals surface area contributed by atoms with Crippen LogP contribution >= 0.6 is 0 Å². The van der Waals surface area contributed by atoms with Crippen molar-refractivity contribution in [2.45, 2.75) is 40.2 Å². The first-order chi connectivity index (χ1) is 7.47. The fraction of sp³-hybridized carbons (Fsp3) is 0.857. The van der Waals surface area contributed by atoms with Crippen LogP contribution < -0.4 is 5.32 Å². The van der Waals surface area contributed by atoms with Gasteiger partial charge in [-0.1, -0.05) is 34.3 Å². The lowest BCUT2D eigenvalue weighted by atomic mass is 9.91. The van der Waals surface area contributed by atoms with E-state index in [-0.39, 0.29) is 0 Å². The lowest BCUT2D eigenvalue weighted by Crippen LogP contribution is -2.40. The van der Waals surface area contributed by atoms with Crippen LogP contribution in [0.3, 0.4) is 0 Å². The average Bonchev–Trinajstić information content (AvgIpc) is 2.12. The van der Waals surface area contributed by atoms with Gasteiger partial charge in [0.15, 0.2) is 0 Å². The third-order valence-electron chi connectivity index (χ3n) is 3.15. The standard InChI is InChI=1S/C14H28N2/c1-11(2)15-7-14(5)10-16-8-12(3)6-13(4)9-16/h11-13,15H,5-10H2,1-4H3. The summed E-state index contributed by atoms with van der Waals surface area (Å²) >= 11 is 0. The molecule has 1 heterocycles. The van der Waals surface area contributed by atoms with Gasteiger partial charge in [-0.3, -0.25) is 4.90 Å². The van der Waals surface area contributed by atoms with Crippen molar-refractivity contribution in [3.05, 3.63) is 12.2 Å². The molecule has 0 amide bonds. The van der Waals surface area contributed by atoms with Gasteiger partial charge in [-0.15, -0.1) is 0 Å². The maximum Gasteiger partial charge on any atom is 0.0203 e. The molecule has 2 heteroatoms. The molecule has 0 spiro atoms. The Kier molecular flexibility index (Phi) is 5.50. The van der Waals surface area contributed by atoms with E-state index in [1.807, 2.05) is 0 Å². The van der Waals surface area contributed by atoms with Crippen LogP contribution in [0.5, 0.6) is 0 Å². The fourth-order valence-corrected chi connectivity index (χ4v) is 2.64. The van der Waals surface area contributed by atoms with E-state index in [9.17, 15) is 0 Å². The lowest BCUT2D eigenvalue weighted by Gasteiger charge is -2.35. The van der Waals surface area contributed by atoms with Crippen LogP contribution in [0.4, 0.5) is 0 Å². The summed E-state index contributed by atoms with van der Waals surface area (Å²) in [6.45, 7) is 17.7. The molecule has 2 nitrogen and oxygen atoms in total. The summed E-state index contributed by atoms with van der Waals surface area (Å²) in [5.74, 6) is 1.68. The van der Waals surface area contributed by atoms with Crippen molar-refractivity contribution in [2.24, 2.45) is 11.8 Å². The molecule has 2 unspecified atom stereocenters. The Bertz CT molecular complexity index is 213. The van der Waals surface area contributed by atoms with E-state index in [1.54, 1.807) is 0 Å². The molecule has 0 aliphatic carbocycles. The summed E-state index contributed by atoms with van der Waals surface area (Å²) in [7, 11) is 0. The van der Waals surface area contributed by atoms with Gasteiger partial charge in [0, 0.05) is 32.2 Å². The Morgan fingerprint density at radius 3 is 2.38 bits per heavy atom.